The molecule has 3 aromatic heterocycles. The Balaban J connectivity index is 1.37. The molecule has 13 heteroatoms. The van der Waals surface area contributed by atoms with Gasteiger partial charge in [0.05, 0.1) is 24.4 Å². The molecule has 12 nitrogen and oxygen atoms in total. The number of carbonyl (C=O) groups excluding carboxylic acids is 1. The first-order valence-electron chi connectivity index (χ1n) is 12.4. The second-order valence-electron chi connectivity index (χ2n) is 9.95. The summed E-state index contributed by atoms with van der Waals surface area (Å²) in [6.45, 7) is 8.03. The van der Waals surface area contributed by atoms with Gasteiger partial charge in [-0.05, 0) is 39.0 Å². The van der Waals surface area contributed by atoms with Crippen molar-refractivity contribution in [1.82, 2.24) is 25.1 Å². The number of aromatic amines is 1. The summed E-state index contributed by atoms with van der Waals surface area (Å²) in [5, 5.41) is 16.4. The summed E-state index contributed by atoms with van der Waals surface area (Å²) < 4.78 is 11.2. The SMILES string of the molecule is COc1cc(N2CCN(C(=O)OC(C)(C)C)CC2)ccc1Nc1nc(Nc2nccs2)cc2cn[nH]c(=O)c12. The smallest absolute Gasteiger partial charge is 0.410 e. The minimum Gasteiger partial charge on any atom is -0.494 e. The number of methoxy groups -OCH3 is 1. The first-order chi connectivity index (χ1) is 18.7. The van der Waals surface area contributed by atoms with E-state index in [4.69, 9.17) is 9.47 Å². The number of ether oxygens (including phenoxy) is 2. The van der Waals surface area contributed by atoms with E-state index < -0.39 is 5.60 Å². The maximum atomic E-state index is 12.7. The molecular formula is C26H30N8O4S. The van der Waals surface area contributed by atoms with Crippen molar-refractivity contribution < 1.29 is 14.3 Å². The van der Waals surface area contributed by atoms with Crippen LogP contribution in [0.4, 0.5) is 32.9 Å². The molecule has 5 rings (SSSR count). The van der Waals surface area contributed by atoms with Gasteiger partial charge in [0.1, 0.15) is 23.0 Å². The lowest BCUT2D eigenvalue weighted by atomic mass is 10.2. The number of nitrogens with zero attached hydrogens (tertiary/aromatic N) is 5. The second-order valence-corrected chi connectivity index (χ2v) is 10.8. The number of rotatable bonds is 6. The van der Waals surface area contributed by atoms with Crippen LogP contribution in [0.1, 0.15) is 20.8 Å². The third-order valence-corrected chi connectivity index (χ3v) is 6.74. The molecule has 0 aliphatic carbocycles. The summed E-state index contributed by atoms with van der Waals surface area (Å²) in [4.78, 5) is 37.9. The highest BCUT2D eigenvalue weighted by Crippen LogP contribution is 2.34. The zero-order valence-electron chi connectivity index (χ0n) is 22.1. The zero-order valence-corrected chi connectivity index (χ0v) is 23.0. The predicted molar refractivity (Wildman–Crippen MR) is 152 cm³/mol. The normalized spacial score (nSPS) is 13.8. The van der Waals surface area contributed by atoms with Gasteiger partial charge in [-0.25, -0.2) is 19.9 Å². The molecule has 0 spiro atoms. The quantitative estimate of drug-likeness (QED) is 0.318. The van der Waals surface area contributed by atoms with E-state index >= 15 is 0 Å². The van der Waals surface area contributed by atoms with E-state index in [9.17, 15) is 9.59 Å². The maximum Gasteiger partial charge on any atom is 0.410 e. The Kier molecular flexibility index (Phi) is 7.24. The van der Waals surface area contributed by atoms with Crippen LogP contribution in [0.3, 0.4) is 0 Å². The van der Waals surface area contributed by atoms with E-state index in [1.165, 1.54) is 11.3 Å². The number of pyridine rings is 1. The Labute approximate surface area is 229 Å². The molecule has 39 heavy (non-hydrogen) atoms. The van der Waals surface area contributed by atoms with Gasteiger partial charge >= 0.3 is 6.09 Å². The average molecular weight is 551 g/mol. The summed E-state index contributed by atoms with van der Waals surface area (Å²) in [5.74, 6) is 1.46. The third kappa shape index (κ3) is 6.03. The van der Waals surface area contributed by atoms with Gasteiger partial charge in [-0.1, -0.05) is 0 Å². The number of fused-ring (bicyclic) bond motifs is 1. The molecule has 0 atom stereocenters. The van der Waals surface area contributed by atoms with Gasteiger partial charge in [0.25, 0.3) is 5.56 Å². The summed E-state index contributed by atoms with van der Waals surface area (Å²) in [6, 6.07) is 7.54. The van der Waals surface area contributed by atoms with Crippen LogP contribution in [0, 0.1) is 0 Å². The van der Waals surface area contributed by atoms with Crippen molar-refractivity contribution in [3.05, 3.63) is 52.4 Å². The van der Waals surface area contributed by atoms with E-state index in [2.05, 4.69) is 35.7 Å². The molecule has 3 N–H and O–H groups in total. The van der Waals surface area contributed by atoms with Crippen LogP contribution in [0.15, 0.2) is 46.8 Å². The predicted octanol–water partition coefficient (Wildman–Crippen LogP) is 4.33. The minimum atomic E-state index is -0.525. The van der Waals surface area contributed by atoms with Gasteiger partial charge < -0.3 is 29.9 Å². The Hall–Kier alpha value is -4.39. The molecule has 4 heterocycles. The van der Waals surface area contributed by atoms with Gasteiger partial charge in [0, 0.05) is 54.9 Å². The van der Waals surface area contributed by atoms with Crippen molar-refractivity contribution in [3.63, 3.8) is 0 Å². The number of carbonyl (C=O) groups is 1. The van der Waals surface area contributed by atoms with Crippen LogP contribution in [0.2, 0.25) is 0 Å². The fourth-order valence-electron chi connectivity index (χ4n) is 4.25. The van der Waals surface area contributed by atoms with Crippen LogP contribution >= 0.6 is 11.3 Å². The van der Waals surface area contributed by atoms with Crippen LogP contribution < -0.4 is 25.8 Å². The highest BCUT2D eigenvalue weighted by molar-refractivity contribution is 7.13. The standard InChI is InChI=1S/C26H30N8O4S/c1-26(2,3)38-25(36)34-10-8-33(9-11-34)17-5-6-18(19(14-17)37-4)29-22-21-16(15-28-32-23(21)35)13-20(30-22)31-24-27-7-12-39-24/h5-7,12-15H,8-11H2,1-4H3,(H,32,35)(H2,27,29,30,31). The lowest BCUT2D eigenvalue weighted by Crippen LogP contribution is -2.50. The average Bonchev–Trinajstić information content (AvgIpc) is 3.41. The van der Waals surface area contributed by atoms with E-state index in [0.717, 1.165) is 5.69 Å². The maximum absolute atomic E-state index is 12.7. The van der Waals surface area contributed by atoms with E-state index in [1.54, 1.807) is 30.5 Å². The molecule has 1 aliphatic heterocycles. The zero-order chi connectivity index (χ0) is 27.6. The number of anilines is 5. The molecule has 1 aliphatic rings. The second kappa shape index (κ2) is 10.8. The Morgan fingerprint density at radius 1 is 1.13 bits per heavy atom. The molecule has 1 aromatic carbocycles. The van der Waals surface area contributed by atoms with Gasteiger partial charge in [0.15, 0.2) is 5.13 Å². The molecule has 1 saturated heterocycles. The molecule has 0 unspecified atom stereocenters. The fraction of sp³-hybridized carbons (Fsp3) is 0.346. The van der Waals surface area contributed by atoms with Gasteiger partial charge in [-0.2, -0.15) is 5.10 Å². The monoisotopic (exact) mass is 550 g/mol. The van der Waals surface area contributed by atoms with E-state index in [-0.39, 0.29) is 11.7 Å². The number of hydrogen-bond donors (Lipinski definition) is 3. The lowest BCUT2D eigenvalue weighted by Gasteiger charge is -2.37. The number of piperazine rings is 1. The highest BCUT2D eigenvalue weighted by Gasteiger charge is 2.26. The summed E-state index contributed by atoms with van der Waals surface area (Å²) in [6.07, 6.45) is 2.98. The summed E-state index contributed by atoms with van der Waals surface area (Å²) in [7, 11) is 1.59. The molecular weight excluding hydrogens is 520 g/mol. The highest BCUT2D eigenvalue weighted by atomic mass is 32.1. The lowest BCUT2D eigenvalue weighted by molar-refractivity contribution is 0.0240. The van der Waals surface area contributed by atoms with Crippen LogP contribution in [0.25, 0.3) is 10.8 Å². The molecule has 0 saturated carbocycles. The number of amides is 1. The van der Waals surface area contributed by atoms with Crippen LogP contribution in [0.5, 0.6) is 5.75 Å². The molecule has 1 amide bonds. The number of aromatic nitrogens is 4. The van der Waals surface area contributed by atoms with Crippen molar-refractivity contribution in [2.75, 3.05) is 48.8 Å². The van der Waals surface area contributed by atoms with Crippen LogP contribution in [-0.4, -0.2) is 70.0 Å². The number of thiazole rings is 1. The number of nitrogens with one attached hydrogen (secondary N) is 3. The Morgan fingerprint density at radius 3 is 2.62 bits per heavy atom. The third-order valence-electron chi connectivity index (χ3n) is 6.05. The van der Waals surface area contributed by atoms with Crippen molar-refractivity contribution >= 4 is 56.3 Å². The Bertz CT molecular complexity index is 1530. The van der Waals surface area contributed by atoms with Crippen molar-refractivity contribution in [3.8, 4) is 5.75 Å². The first kappa shape index (κ1) is 26.2. The summed E-state index contributed by atoms with van der Waals surface area (Å²) >= 11 is 1.44. The first-order valence-corrected chi connectivity index (χ1v) is 13.3. The molecule has 4 aromatic rings. The number of benzene rings is 1. The van der Waals surface area contributed by atoms with Crippen molar-refractivity contribution in [2.24, 2.45) is 0 Å². The van der Waals surface area contributed by atoms with Gasteiger partial charge in [-0.3, -0.25) is 4.79 Å². The Morgan fingerprint density at radius 2 is 1.92 bits per heavy atom. The minimum absolute atomic E-state index is 0.296. The van der Waals surface area contributed by atoms with E-state index in [0.29, 0.717) is 65.2 Å². The fourth-order valence-corrected chi connectivity index (χ4v) is 4.79. The van der Waals surface area contributed by atoms with E-state index in [1.807, 2.05) is 44.4 Å². The van der Waals surface area contributed by atoms with Gasteiger partial charge in [-0.15, -0.1) is 11.3 Å². The van der Waals surface area contributed by atoms with Crippen molar-refractivity contribution in [1.29, 1.82) is 0 Å². The summed E-state index contributed by atoms with van der Waals surface area (Å²) in [5.41, 5.74) is 0.717. The van der Waals surface area contributed by atoms with Crippen LogP contribution in [-0.2, 0) is 4.74 Å². The molecule has 204 valence electrons. The number of hydrogen-bond acceptors (Lipinski definition) is 11. The molecule has 1 fully saturated rings. The van der Waals surface area contributed by atoms with Gasteiger partial charge in [0.2, 0.25) is 0 Å². The molecule has 0 radical (unpaired) electrons. The molecule has 0 bridgehead atoms. The van der Waals surface area contributed by atoms with Crippen molar-refractivity contribution in [2.45, 2.75) is 26.4 Å². The topological polar surface area (TPSA) is 138 Å². The largest absolute Gasteiger partial charge is 0.494 e. The number of H-pyrrole nitrogens is 1.